The number of aromatic nitrogens is 1. The number of carbonyl (C=O) groups is 3. The molecular weight excluding hydrogens is 318 g/mol. The monoisotopic (exact) mass is 339 g/mol. The van der Waals surface area contributed by atoms with Crippen LogP contribution in [0.25, 0.3) is 0 Å². The average molecular weight is 339 g/mol. The fraction of sp³-hybridized carbons (Fsp3) is 0.600. The number of thiazole rings is 1. The van der Waals surface area contributed by atoms with E-state index in [0.29, 0.717) is 24.1 Å². The second-order valence-corrected chi connectivity index (χ2v) is 6.70. The molecule has 8 heteroatoms. The van der Waals surface area contributed by atoms with E-state index in [1.165, 1.54) is 0 Å². The van der Waals surface area contributed by atoms with E-state index < -0.39 is 5.97 Å². The van der Waals surface area contributed by atoms with E-state index in [1.807, 2.05) is 13.8 Å². The summed E-state index contributed by atoms with van der Waals surface area (Å²) in [6.45, 7) is 7.15. The third kappa shape index (κ3) is 4.51. The Kier molecular flexibility index (Phi) is 5.70. The topological polar surface area (TPSA) is 88.6 Å². The summed E-state index contributed by atoms with van der Waals surface area (Å²) < 4.78 is 4.85. The molecule has 0 bridgehead atoms. The number of hydrogen-bond donors (Lipinski definition) is 1. The Morgan fingerprint density at radius 3 is 2.91 bits per heavy atom. The van der Waals surface area contributed by atoms with Gasteiger partial charge >= 0.3 is 5.97 Å². The highest BCUT2D eigenvalue weighted by atomic mass is 32.1. The van der Waals surface area contributed by atoms with E-state index in [4.69, 9.17) is 4.74 Å². The molecule has 0 radical (unpaired) electrons. The first kappa shape index (κ1) is 17.4. The zero-order valence-electron chi connectivity index (χ0n) is 13.5. The summed E-state index contributed by atoms with van der Waals surface area (Å²) in [7, 11) is 0. The molecule has 1 aromatic heterocycles. The number of hydrogen-bond acceptors (Lipinski definition) is 6. The smallest absolute Gasteiger partial charge is 0.357 e. The van der Waals surface area contributed by atoms with Crippen LogP contribution in [0.15, 0.2) is 5.38 Å². The quantitative estimate of drug-likeness (QED) is 0.798. The molecule has 0 aromatic carbocycles. The largest absolute Gasteiger partial charge is 0.461 e. The second kappa shape index (κ2) is 7.54. The fourth-order valence-electron chi connectivity index (χ4n) is 2.40. The molecule has 1 aromatic rings. The molecule has 1 N–H and O–H groups in total. The van der Waals surface area contributed by atoms with Gasteiger partial charge in [0.25, 0.3) is 0 Å². The predicted molar refractivity (Wildman–Crippen MR) is 86.2 cm³/mol. The van der Waals surface area contributed by atoms with Gasteiger partial charge in [-0.15, -0.1) is 11.3 Å². The number of rotatable bonds is 6. The van der Waals surface area contributed by atoms with Gasteiger partial charge in [0.15, 0.2) is 10.8 Å². The maximum Gasteiger partial charge on any atom is 0.357 e. The summed E-state index contributed by atoms with van der Waals surface area (Å²) in [6.07, 6.45) is 0.217. The number of esters is 1. The van der Waals surface area contributed by atoms with Gasteiger partial charge < -0.3 is 15.0 Å². The van der Waals surface area contributed by atoms with Crippen molar-refractivity contribution in [2.45, 2.75) is 27.2 Å². The van der Waals surface area contributed by atoms with Gasteiger partial charge in [-0.3, -0.25) is 9.59 Å². The number of anilines is 1. The zero-order valence-corrected chi connectivity index (χ0v) is 14.3. The minimum absolute atomic E-state index is 0.00482. The fourth-order valence-corrected chi connectivity index (χ4v) is 3.09. The molecule has 1 aliphatic heterocycles. The van der Waals surface area contributed by atoms with Crippen molar-refractivity contribution in [3.63, 3.8) is 0 Å². The molecule has 7 nitrogen and oxygen atoms in total. The van der Waals surface area contributed by atoms with Gasteiger partial charge in [-0.25, -0.2) is 9.78 Å². The first-order chi connectivity index (χ1) is 10.9. The highest BCUT2D eigenvalue weighted by Crippen LogP contribution is 2.22. The average Bonchev–Trinajstić information content (AvgIpc) is 3.06. The maximum atomic E-state index is 12.3. The maximum absolute atomic E-state index is 12.3. The predicted octanol–water partition coefficient (Wildman–Crippen LogP) is 1.76. The molecule has 2 heterocycles. The summed E-state index contributed by atoms with van der Waals surface area (Å²) in [6, 6.07) is 0. The van der Waals surface area contributed by atoms with Crippen LogP contribution >= 0.6 is 11.3 Å². The van der Waals surface area contributed by atoms with Gasteiger partial charge in [0.1, 0.15) is 0 Å². The van der Waals surface area contributed by atoms with Gasteiger partial charge in [0.05, 0.1) is 12.5 Å². The Balaban J connectivity index is 1.92. The molecule has 126 valence electrons. The molecule has 2 rings (SSSR count). The lowest BCUT2D eigenvalue weighted by atomic mass is 10.1. The zero-order chi connectivity index (χ0) is 17.0. The van der Waals surface area contributed by atoms with Crippen LogP contribution in [0.1, 0.15) is 37.7 Å². The standard InChI is InChI=1S/C15H21N3O4S/c1-4-22-14(21)11-8-23-15(16-11)17-13(20)10-5-12(19)18(7-10)6-9(2)3/h8-10H,4-7H2,1-3H3,(H,16,17,20)/t10-/m0/s1. The summed E-state index contributed by atoms with van der Waals surface area (Å²) in [4.78, 5) is 41.5. The van der Waals surface area contributed by atoms with Crippen LogP contribution in [0, 0.1) is 11.8 Å². The van der Waals surface area contributed by atoms with E-state index in [9.17, 15) is 14.4 Å². The van der Waals surface area contributed by atoms with Crippen molar-refractivity contribution in [2.75, 3.05) is 25.0 Å². The molecule has 0 aliphatic carbocycles. The van der Waals surface area contributed by atoms with E-state index in [2.05, 4.69) is 10.3 Å². The van der Waals surface area contributed by atoms with Gasteiger partial charge in [-0.05, 0) is 12.8 Å². The van der Waals surface area contributed by atoms with E-state index in [0.717, 1.165) is 11.3 Å². The third-order valence-corrected chi connectivity index (χ3v) is 4.15. The molecule has 1 atom stereocenters. The van der Waals surface area contributed by atoms with Crippen molar-refractivity contribution in [1.82, 2.24) is 9.88 Å². The van der Waals surface area contributed by atoms with Crippen LogP contribution < -0.4 is 5.32 Å². The van der Waals surface area contributed by atoms with Gasteiger partial charge in [-0.2, -0.15) is 0 Å². The highest BCUT2D eigenvalue weighted by molar-refractivity contribution is 7.14. The van der Waals surface area contributed by atoms with Gasteiger partial charge in [-0.1, -0.05) is 13.8 Å². The number of carbonyl (C=O) groups excluding carboxylic acids is 3. The minimum Gasteiger partial charge on any atom is -0.461 e. The van der Waals surface area contributed by atoms with Crippen LogP contribution in [-0.2, 0) is 14.3 Å². The van der Waals surface area contributed by atoms with E-state index >= 15 is 0 Å². The Morgan fingerprint density at radius 2 is 2.26 bits per heavy atom. The van der Waals surface area contributed by atoms with Crippen LogP contribution in [0.5, 0.6) is 0 Å². The van der Waals surface area contributed by atoms with Crippen LogP contribution in [0.2, 0.25) is 0 Å². The number of likely N-dealkylation sites (tertiary alicyclic amines) is 1. The van der Waals surface area contributed by atoms with Crippen molar-refractivity contribution in [1.29, 1.82) is 0 Å². The van der Waals surface area contributed by atoms with Crippen molar-refractivity contribution in [3.05, 3.63) is 11.1 Å². The number of nitrogens with one attached hydrogen (secondary N) is 1. The van der Waals surface area contributed by atoms with Crippen molar-refractivity contribution in [2.24, 2.45) is 11.8 Å². The summed E-state index contributed by atoms with van der Waals surface area (Å²) in [5, 5.41) is 4.56. The van der Waals surface area contributed by atoms with Crippen molar-refractivity contribution in [3.8, 4) is 0 Å². The summed E-state index contributed by atoms with van der Waals surface area (Å²) in [5.41, 5.74) is 0.177. The number of nitrogens with zero attached hydrogens (tertiary/aromatic N) is 2. The van der Waals surface area contributed by atoms with E-state index in [-0.39, 0.29) is 36.5 Å². The summed E-state index contributed by atoms with van der Waals surface area (Å²) in [5.74, 6) is -0.758. The molecule has 0 saturated carbocycles. The molecule has 23 heavy (non-hydrogen) atoms. The first-order valence-electron chi connectivity index (χ1n) is 7.62. The van der Waals surface area contributed by atoms with Gasteiger partial charge in [0, 0.05) is 24.9 Å². The number of amides is 2. The molecule has 0 unspecified atom stereocenters. The lowest BCUT2D eigenvalue weighted by molar-refractivity contribution is -0.128. The van der Waals surface area contributed by atoms with Crippen LogP contribution in [-0.4, -0.2) is 47.4 Å². The molecule has 2 amide bonds. The lowest BCUT2D eigenvalue weighted by Crippen LogP contribution is -2.31. The highest BCUT2D eigenvalue weighted by Gasteiger charge is 2.34. The Bertz CT molecular complexity index is 599. The van der Waals surface area contributed by atoms with E-state index in [1.54, 1.807) is 17.2 Å². The minimum atomic E-state index is -0.511. The molecule has 1 saturated heterocycles. The van der Waals surface area contributed by atoms with Gasteiger partial charge in [0.2, 0.25) is 11.8 Å². The first-order valence-corrected chi connectivity index (χ1v) is 8.50. The second-order valence-electron chi connectivity index (χ2n) is 5.84. The lowest BCUT2D eigenvalue weighted by Gasteiger charge is -2.18. The molecule has 1 aliphatic rings. The van der Waals surface area contributed by atoms with Crippen molar-refractivity contribution >= 4 is 34.3 Å². The molecular formula is C15H21N3O4S. The summed E-state index contributed by atoms with van der Waals surface area (Å²) >= 11 is 1.16. The Labute approximate surface area is 139 Å². The number of ether oxygens (including phenoxy) is 1. The van der Waals surface area contributed by atoms with Crippen LogP contribution in [0.4, 0.5) is 5.13 Å². The molecule has 0 spiro atoms. The van der Waals surface area contributed by atoms with Crippen LogP contribution in [0.3, 0.4) is 0 Å². The van der Waals surface area contributed by atoms with Crippen molar-refractivity contribution < 1.29 is 19.1 Å². The Morgan fingerprint density at radius 1 is 1.52 bits per heavy atom. The normalized spacial score (nSPS) is 17.7. The Hall–Kier alpha value is -1.96. The molecule has 1 fully saturated rings. The third-order valence-electron chi connectivity index (χ3n) is 3.39. The SMILES string of the molecule is CCOC(=O)c1csc(NC(=O)[C@H]2CC(=O)N(CC(C)C)C2)n1.